The van der Waals surface area contributed by atoms with Crippen molar-refractivity contribution in [2.75, 3.05) is 12.4 Å². The molecule has 0 aromatic heterocycles. The van der Waals surface area contributed by atoms with Crippen molar-refractivity contribution in [2.45, 2.75) is 71.5 Å². The number of anilines is 1. The molecule has 0 saturated heterocycles. The third kappa shape index (κ3) is 6.22. The van der Waals surface area contributed by atoms with Crippen molar-refractivity contribution in [1.82, 2.24) is 0 Å². The summed E-state index contributed by atoms with van der Waals surface area (Å²) in [5, 5.41) is 2.94. The fourth-order valence-corrected chi connectivity index (χ4v) is 2.22. The van der Waals surface area contributed by atoms with E-state index in [1.807, 2.05) is 38.1 Å². The Morgan fingerprint density at radius 2 is 1.87 bits per heavy atom. The van der Waals surface area contributed by atoms with E-state index in [-0.39, 0.29) is 12.0 Å². The summed E-state index contributed by atoms with van der Waals surface area (Å²) in [4.78, 5) is 12.5. The topological polar surface area (TPSA) is 47.6 Å². The van der Waals surface area contributed by atoms with Gasteiger partial charge in [0.05, 0.1) is 6.10 Å². The van der Waals surface area contributed by atoms with Gasteiger partial charge in [0.25, 0.3) is 5.91 Å². The van der Waals surface area contributed by atoms with Crippen molar-refractivity contribution in [3.05, 3.63) is 24.3 Å². The molecule has 0 radical (unpaired) electrons. The van der Waals surface area contributed by atoms with E-state index in [1.165, 1.54) is 0 Å². The van der Waals surface area contributed by atoms with Crippen LogP contribution in [-0.2, 0) is 9.53 Å². The molecule has 0 heterocycles. The molecule has 0 saturated carbocycles. The highest BCUT2D eigenvalue weighted by molar-refractivity contribution is 5.97. The number of ether oxygens (including phenoxy) is 2. The predicted octanol–water partition coefficient (Wildman–Crippen LogP) is 4.79. The Balaban J connectivity index is 2.64. The summed E-state index contributed by atoms with van der Waals surface area (Å²) in [7, 11) is 1.59. The van der Waals surface area contributed by atoms with Crippen LogP contribution in [0.1, 0.15) is 59.8 Å². The minimum Gasteiger partial charge on any atom is -0.491 e. The Labute approximate surface area is 140 Å². The lowest BCUT2D eigenvalue weighted by molar-refractivity contribution is -0.136. The molecule has 130 valence electrons. The normalized spacial score (nSPS) is 14.8. The third-order valence-corrected chi connectivity index (χ3v) is 4.21. The third-order valence-electron chi connectivity index (χ3n) is 4.21. The molecular weight excluding hydrogens is 290 g/mol. The Morgan fingerprint density at radius 1 is 1.22 bits per heavy atom. The van der Waals surface area contributed by atoms with Gasteiger partial charge in [-0.3, -0.25) is 4.79 Å². The molecule has 0 fully saturated rings. The minimum absolute atomic E-state index is 0.105. The number of rotatable bonds is 10. The van der Waals surface area contributed by atoms with Crippen molar-refractivity contribution < 1.29 is 14.3 Å². The summed E-state index contributed by atoms with van der Waals surface area (Å²) in [6.07, 6.45) is 5.08. The number of hydrogen-bond donors (Lipinski definition) is 1. The molecule has 0 aliphatic rings. The van der Waals surface area contributed by atoms with Crippen LogP contribution in [0.5, 0.6) is 5.75 Å². The number of benzene rings is 1. The summed E-state index contributed by atoms with van der Waals surface area (Å²) in [6.45, 7) is 8.12. The SMILES string of the molecule is CCCCCC(C)(OC)C(=O)Nc1ccc(OC(C)CC)cc1. The highest BCUT2D eigenvalue weighted by Gasteiger charge is 2.32. The second-order valence-electron chi connectivity index (χ2n) is 6.21. The van der Waals surface area contributed by atoms with Crippen molar-refractivity contribution in [3.63, 3.8) is 0 Å². The van der Waals surface area contributed by atoms with Gasteiger partial charge in [-0.05, 0) is 51.0 Å². The summed E-state index contributed by atoms with van der Waals surface area (Å²) in [6, 6.07) is 7.47. The van der Waals surface area contributed by atoms with Crippen LogP contribution in [0.15, 0.2) is 24.3 Å². The van der Waals surface area contributed by atoms with E-state index in [4.69, 9.17) is 9.47 Å². The fourth-order valence-electron chi connectivity index (χ4n) is 2.22. The molecule has 1 rings (SSSR count). The average Bonchev–Trinajstić information content (AvgIpc) is 2.56. The second kappa shape index (κ2) is 9.56. The second-order valence-corrected chi connectivity index (χ2v) is 6.21. The molecule has 23 heavy (non-hydrogen) atoms. The van der Waals surface area contributed by atoms with E-state index in [2.05, 4.69) is 19.2 Å². The molecule has 0 bridgehead atoms. The molecule has 4 nitrogen and oxygen atoms in total. The van der Waals surface area contributed by atoms with E-state index in [0.29, 0.717) is 0 Å². The van der Waals surface area contributed by atoms with Crippen molar-refractivity contribution in [1.29, 1.82) is 0 Å². The van der Waals surface area contributed by atoms with E-state index in [9.17, 15) is 4.79 Å². The zero-order valence-corrected chi connectivity index (χ0v) is 15.1. The molecule has 2 unspecified atom stereocenters. The maximum atomic E-state index is 12.5. The van der Waals surface area contributed by atoms with Gasteiger partial charge in [0.15, 0.2) is 0 Å². The van der Waals surface area contributed by atoms with Crippen LogP contribution in [-0.4, -0.2) is 24.7 Å². The first kappa shape index (κ1) is 19.5. The van der Waals surface area contributed by atoms with E-state index >= 15 is 0 Å². The quantitative estimate of drug-likeness (QED) is 0.630. The van der Waals surface area contributed by atoms with Gasteiger partial charge in [0, 0.05) is 12.8 Å². The summed E-state index contributed by atoms with van der Waals surface area (Å²) in [5.74, 6) is 0.710. The van der Waals surface area contributed by atoms with Crippen molar-refractivity contribution >= 4 is 11.6 Å². The fraction of sp³-hybridized carbons (Fsp3) is 0.632. The number of carbonyl (C=O) groups is 1. The van der Waals surface area contributed by atoms with Gasteiger partial charge in [-0.1, -0.05) is 33.1 Å². The van der Waals surface area contributed by atoms with Crippen LogP contribution in [0, 0.1) is 0 Å². The van der Waals surface area contributed by atoms with Crippen molar-refractivity contribution in [2.24, 2.45) is 0 Å². The molecule has 2 atom stereocenters. The Kier molecular flexibility index (Phi) is 8.10. The van der Waals surface area contributed by atoms with Crippen LogP contribution in [0.4, 0.5) is 5.69 Å². The number of unbranched alkanes of at least 4 members (excludes halogenated alkanes) is 2. The molecule has 4 heteroatoms. The smallest absolute Gasteiger partial charge is 0.256 e. The van der Waals surface area contributed by atoms with Gasteiger partial charge in [0.1, 0.15) is 11.4 Å². The molecule has 0 aliphatic heterocycles. The first-order chi connectivity index (χ1) is 10.9. The first-order valence-corrected chi connectivity index (χ1v) is 8.58. The largest absolute Gasteiger partial charge is 0.491 e. The molecule has 1 amide bonds. The van der Waals surface area contributed by atoms with Gasteiger partial charge in [0.2, 0.25) is 0 Å². The van der Waals surface area contributed by atoms with E-state index in [1.54, 1.807) is 7.11 Å². The maximum absolute atomic E-state index is 12.5. The zero-order valence-electron chi connectivity index (χ0n) is 15.1. The lowest BCUT2D eigenvalue weighted by atomic mass is 9.97. The Bertz CT molecular complexity index is 472. The molecule has 1 aromatic rings. The number of carbonyl (C=O) groups excluding carboxylic acids is 1. The summed E-state index contributed by atoms with van der Waals surface area (Å²) in [5.41, 5.74) is -0.0357. The molecule has 1 N–H and O–H groups in total. The first-order valence-electron chi connectivity index (χ1n) is 8.58. The Hall–Kier alpha value is -1.55. The molecular formula is C19H31NO3. The lowest BCUT2D eigenvalue weighted by Gasteiger charge is -2.27. The lowest BCUT2D eigenvalue weighted by Crippen LogP contribution is -2.41. The van der Waals surface area contributed by atoms with Crippen molar-refractivity contribution in [3.8, 4) is 5.75 Å². The van der Waals surface area contributed by atoms with Crippen LogP contribution in [0.3, 0.4) is 0 Å². The number of nitrogens with one attached hydrogen (secondary N) is 1. The molecule has 0 spiro atoms. The molecule has 0 aliphatic carbocycles. The summed E-state index contributed by atoms with van der Waals surface area (Å²) < 4.78 is 11.2. The number of amides is 1. The molecule has 1 aromatic carbocycles. The van der Waals surface area contributed by atoms with Gasteiger partial charge >= 0.3 is 0 Å². The zero-order chi connectivity index (χ0) is 17.3. The van der Waals surface area contributed by atoms with Crippen LogP contribution in [0.2, 0.25) is 0 Å². The van der Waals surface area contributed by atoms with Crippen LogP contribution in [0.25, 0.3) is 0 Å². The summed E-state index contributed by atoms with van der Waals surface area (Å²) >= 11 is 0. The maximum Gasteiger partial charge on any atom is 0.256 e. The van der Waals surface area contributed by atoms with Gasteiger partial charge in [-0.2, -0.15) is 0 Å². The van der Waals surface area contributed by atoms with Gasteiger partial charge < -0.3 is 14.8 Å². The van der Waals surface area contributed by atoms with Crippen LogP contribution < -0.4 is 10.1 Å². The van der Waals surface area contributed by atoms with Gasteiger partial charge in [-0.25, -0.2) is 0 Å². The monoisotopic (exact) mass is 321 g/mol. The standard InChI is InChI=1S/C19H31NO3/c1-6-8-9-14-19(4,22-5)18(21)20-16-10-12-17(13-11-16)23-15(3)7-2/h10-13,15H,6-9,14H2,1-5H3,(H,20,21). The van der Waals surface area contributed by atoms with Gasteiger partial charge in [-0.15, -0.1) is 0 Å². The highest BCUT2D eigenvalue weighted by Crippen LogP contribution is 2.23. The number of hydrogen-bond acceptors (Lipinski definition) is 3. The van der Waals surface area contributed by atoms with Crippen LogP contribution >= 0.6 is 0 Å². The van der Waals surface area contributed by atoms with E-state index < -0.39 is 5.60 Å². The highest BCUT2D eigenvalue weighted by atomic mass is 16.5. The Morgan fingerprint density at radius 3 is 2.39 bits per heavy atom. The number of methoxy groups -OCH3 is 1. The van der Waals surface area contributed by atoms with E-state index in [0.717, 1.165) is 43.5 Å². The predicted molar refractivity (Wildman–Crippen MR) is 95.0 cm³/mol. The average molecular weight is 321 g/mol. The minimum atomic E-state index is -0.791.